The van der Waals surface area contributed by atoms with Crippen molar-refractivity contribution in [1.82, 2.24) is 14.0 Å². The molecule has 0 saturated carbocycles. The van der Waals surface area contributed by atoms with Gasteiger partial charge in [0.05, 0.1) is 12.2 Å². The van der Waals surface area contributed by atoms with Crippen LogP contribution < -0.4 is 4.72 Å². The molecule has 2 N–H and O–H groups in total. The van der Waals surface area contributed by atoms with Gasteiger partial charge in [-0.05, 0) is 36.8 Å². The topological polar surface area (TPSA) is 82.5 Å². The van der Waals surface area contributed by atoms with Crippen molar-refractivity contribution in [2.24, 2.45) is 5.92 Å². The molecule has 0 bridgehead atoms. The molecule has 0 aromatic carbocycles. The summed E-state index contributed by atoms with van der Waals surface area (Å²) in [4.78, 5) is 4.24. The number of piperidine rings is 1. The fourth-order valence-corrected chi connectivity index (χ4v) is 3.73. The van der Waals surface area contributed by atoms with Gasteiger partial charge in [-0.2, -0.15) is 17.4 Å². The average molecular weight is 313 g/mol. The van der Waals surface area contributed by atoms with E-state index in [0.717, 1.165) is 17.7 Å². The van der Waals surface area contributed by atoms with Gasteiger partial charge < -0.3 is 5.11 Å². The highest BCUT2D eigenvalue weighted by atomic mass is 32.2. The summed E-state index contributed by atoms with van der Waals surface area (Å²) in [5.74, 6) is 0.221. The minimum atomic E-state index is -3.48. The van der Waals surface area contributed by atoms with E-state index >= 15 is 0 Å². The molecule has 1 aromatic heterocycles. The molecule has 2 heterocycles. The summed E-state index contributed by atoms with van der Waals surface area (Å²) in [5, 5.41) is 9.10. The van der Waals surface area contributed by atoms with Crippen LogP contribution >= 0.6 is 0 Å². The zero-order valence-electron chi connectivity index (χ0n) is 12.3. The molecule has 1 fully saturated rings. The van der Waals surface area contributed by atoms with Gasteiger partial charge in [0, 0.05) is 25.9 Å². The fraction of sp³-hybridized carbons (Fsp3) is 0.643. The second-order valence-corrected chi connectivity index (χ2v) is 7.07. The Kier molecular flexibility index (Phi) is 5.69. The smallest absolute Gasteiger partial charge is 0.279 e. The first-order valence-corrected chi connectivity index (χ1v) is 8.79. The highest BCUT2D eigenvalue weighted by Crippen LogP contribution is 2.18. The van der Waals surface area contributed by atoms with Crippen LogP contribution in [0.15, 0.2) is 18.3 Å². The second-order valence-electron chi connectivity index (χ2n) is 5.31. The van der Waals surface area contributed by atoms with Gasteiger partial charge in [-0.3, -0.25) is 4.98 Å². The highest BCUT2D eigenvalue weighted by molar-refractivity contribution is 7.87. The van der Waals surface area contributed by atoms with Crippen LogP contribution in [0, 0.1) is 5.92 Å². The zero-order chi connectivity index (χ0) is 15.3. The third-order valence-corrected chi connectivity index (χ3v) is 5.51. The van der Waals surface area contributed by atoms with Crippen molar-refractivity contribution in [3.63, 3.8) is 0 Å². The lowest BCUT2D eigenvalue weighted by Crippen LogP contribution is -2.45. The molecular weight excluding hydrogens is 290 g/mol. The number of aromatic nitrogens is 1. The van der Waals surface area contributed by atoms with E-state index in [0.29, 0.717) is 25.9 Å². The predicted molar refractivity (Wildman–Crippen MR) is 80.8 cm³/mol. The summed E-state index contributed by atoms with van der Waals surface area (Å²) >= 11 is 0. The summed E-state index contributed by atoms with van der Waals surface area (Å²) in [6.45, 7) is 3.29. The van der Waals surface area contributed by atoms with Crippen molar-refractivity contribution in [3.05, 3.63) is 29.6 Å². The molecule has 0 aliphatic carbocycles. The number of hydrogen-bond acceptors (Lipinski definition) is 4. The molecule has 21 heavy (non-hydrogen) atoms. The number of hydrogen-bond donors (Lipinski definition) is 2. The van der Waals surface area contributed by atoms with Gasteiger partial charge in [0.25, 0.3) is 10.2 Å². The van der Waals surface area contributed by atoms with Crippen molar-refractivity contribution in [1.29, 1.82) is 0 Å². The summed E-state index contributed by atoms with van der Waals surface area (Å²) in [6, 6.07) is 3.82. The van der Waals surface area contributed by atoms with Crippen molar-refractivity contribution in [2.45, 2.75) is 32.7 Å². The maximum absolute atomic E-state index is 12.3. The number of nitrogens with zero attached hydrogens (tertiary/aromatic N) is 2. The van der Waals surface area contributed by atoms with Crippen LogP contribution in [0.4, 0.5) is 0 Å². The van der Waals surface area contributed by atoms with Gasteiger partial charge in [-0.15, -0.1) is 0 Å². The molecule has 0 spiro atoms. The van der Waals surface area contributed by atoms with Crippen molar-refractivity contribution >= 4 is 10.2 Å². The highest BCUT2D eigenvalue weighted by Gasteiger charge is 2.27. The van der Waals surface area contributed by atoms with Gasteiger partial charge in [0.15, 0.2) is 0 Å². The standard InChI is InChI=1S/C14H23N3O3S/c1-2-13-4-3-7-15-14(13)10-16-21(19,20)17-8-5-12(11-18)6-9-17/h3-4,7,12,16,18H,2,5-6,8-11H2,1H3. The minimum absolute atomic E-state index is 0.134. The zero-order valence-corrected chi connectivity index (χ0v) is 13.1. The Morgan fingerprint density at radius 3 is 2.76 bits per heavy atom. The summed E-state index contributed by atoms with van der Waals surface area (Å²) in [6.07, 6.45) is 3.92. The third kappa shape index (κ3) is 4.23. The van der Waals surface area contributed by atoms with Crippen molar-refractivity contribution in [3.8, 4) is 0 Å². The quantitative estimate of drug-likeness (QED) is 0.809. The lowest BCUT2D eigenvalue weighted by molar-refractivity contribution is 0.169. The van der Waals surface area contributed by atoms with Gasteiger partial charge in [0.1, 0.15) is 0 Å². The number of rotatable bonds is 6. The van der Waals surface area contributed by atoms with Crippen molar-refractivity contribution < 1.29 is 13.5 Å². The van der Waals surface area contributed by atoms with E-state index in [1.165, 1.54) is 4.31 Å². The van der Waals surface area contributed by atoms with E-state index in [1.807, 2.05) is 19.1 Å². The molecule has 6 nitrogen and oxygen atoms in total. The number of pyridine rings is 1. The largest absolute Gasteiger partial charge is 0.396 e. The van der Waals surface area contributed by atoms with Crippen LogP contribution in [-0.2, 0) is 23.2 Å². The third-order valence-electron chi connectivity index (χ3n) is 3.96. The monoisotopic (exact) mass is 313 g/mol. The SMILES string of the molecule is CCc1cccnc1CNS(=O)(=O)N1CCC(CO)CC1. The Bertz CT molecular complexity index is 554. The first-order chi connectivity index (χ1) is 10.1. The molecule has 2 rings (SSSR count). The van der Waals surface area contributed by atoms with Crippen molar-refractivity contribution in [2.75, 3.05) is 19.7 Å². The molecule has 7 heteroatoms. The van der Waals surface area contributed by atoms with Gasteiger partial charge >= 0.3 is 0 Å². The summed E-state index contributed by atoms with van der Waals surface area (Å²) in [7, 11) is -3.48. The molecule has 0 atom stereocenters. The van der Waals surface area contributed by atoms with Gasteiger partial charge in [0.2, 0.25) is 0 Å². The number of nitrogens with one attached hydrogen (secondary N) is 1. The lowest BCUT2D eigenvalue weighted by Gasteiger charge is -2.30. The Morgan fingerprint density at radius 1 is 1.43 bits per heavy atom. The number of aliphatic hydroxyl groups excluding tert-OH is 1. The van der Waals surface area contributed by atoms with Crippen LogP contribution in [0.3, 0.4) is 0 Å². The van der Waals surface area contributed by atoms with Gasteiger partial charge in [-0.25, -0.2) is 0 Å². The molecular formula is C14H23N3O3S. The molecule has 1 saturated heterocycles. The van der Waals surface area contributed by atoms with Crippen LogP contribution in [0.2, 0.25) is 0 Å². The predicted octanol–water partition coefficient (Wildman–Crippen LogP) is 0.683. The van der Waals surface area contributed by atoms with Crippen LogP contribution in [0.1, 0.15) is 31.0 Å². The normalized spacial score (nSPS) is 18.0. The Labute approximate surface area is 126 Å². The summed E-state index contributed by atoms with van der Waals surface area (Å²) < 4.78 is 28.6. The first-order valence-electron chi connectivity index (χ1n) is 7.35. The molecule has 1 aliphatic rings. The minimum Gasteiger partial charge on any atom is -0.396 e. The molecule has 118 valence electrons. The maximum atomic E-state index is 12.3. The van der Waals surface area contributed by atoms with E-state index in [1.54, 1.807) is 6.20 Å². The van der Waals surface area contributed by atoms with E-state index < -0.39 is 10.2 Å². The number of aliphatic hydroxyl groups is 1. The Morgan fingerprint density at radius 2 is 2.14 bits per heavy atom. The fourth-order valence-electron chi connectivity index (χ4n) is 2.54. The average Bonchev–Trinajstić information content (AvgIpc) is 2.53. The van der Waals surface area contributed by atoms with E-state index in [-0.39, 0.29) is 19.1 Å². The second kappa shape index (κ2) is 7.31. The van der Waals surface area contributed by atoms with Crippen LogP contribution in [0.5, 0.6) is 0 Å². The molecule has 0 amide bonds. The molecule has 1 aliphatic heterocycles. The Hall–Kier alpha value is -1.02. The first kappa shape index (κ1) is 16.4. The summed E-state index contributed by atoms with van der Waals surface area (Å²) in [5.41, 5.74) is 1.83. The van der Waals surface area contributed by atoms with Crippen LogP contribution in [0.25, 0.3) is 0 Å². The van der Waals surface area contributed by atoms with Gasteiger partial charge in [-0.1, -0.05) is 13.0 Å². The Balaban J connectivity index is 1.95. The maximum Gasteiger partial charge on any atom is 0.279 e. The van der Waals surface area contributed by atoms with E-state index in [4.69, 9.17) is 5.11 Å². The lowest BCUT2D eigenvalue weighted by atomic mass is 10.00. The molecule has 1 aromatic rings. The molecule has 0 radical (unpaired) electrons. The number of aryl methyl sites for hydroxylation is 1. The van der Waals surface area contributed by atoms with E-state index in [9.17, 15) is 8.42 Å². The van der Waals surface area contributed by atoms with E-state index in [2.05, 4.69) is 9.71 Å². The molecule has 0 unspecified atom stereocenters. The van der Waals surface area contributed by atoms with Crippen LogP contribution in [-0.4, -0.2) is 42.5 Å².